The molecule has 0 saturated carbocycles. The standard InChI is InChI=1S/C12H25N3O/c1-13(2)12(16)11-14(3)9-10-15-7-5-4-6-8-15/h4-11H2,1-3H3. The second kappa shape index (κ2) is 6.86. The van der Waals surface area contributed by atoms with Gasteiger partial charge in [0.15, 0.2) is 0 Å². The van der Waals surface area contributed by atoms with E-state index in [0.717, 1.165) is 13.1 Å². The van der Waals surface area contributed by atoms with Crippen molar-refractivity contribution in [1.29, 1.82) is 0 Å². The fourth-order valence-electron chi connectivity index (χ4n) is 1.95. The third-order valence-corrected chi connectivity index (χ3v) is 3.15. The van der Waals surface area contributed by atoms with E-state index in [1.54, 1.807) is 19.0 Å². The van der Waals surface area contributed by atoms with E-state index >= 15 is 0 Å². The number of rotatable bonds is 5. The second-order valence-corrected chi connectivity index (χ2v) is 4.93. The van der Waals surface area contributed by atoms with Gasteiger partial charge in [-0.05, 0) is 33.0 Å². The minimum absolute atomic E-state index is 0.182. The normalized spacial score (nSPS) is 17.8. The molecule has 0 unspecified atom stereocenters. The molecule has 1 aliphatic heterocycles. The highest BCUT2D eigenvalue weighted by molar-refractivity contribution is 5.77. The molecule has 0 atom stereocenters. The molecule has 0 aliphatic carbocycles. The number of carbonyl (C=O) groups excluding carboxylic acids is 1. The minimum atomic E-state index is 0.182. The Morgan fingerprint density at radius 1 is 1.12 bits per heavy atom. The zero-order valence-corrected chi connectivity index (χ0v) is 10.9. The monoisotopic (exact) mass is 227 g/mol. The molecule has 0 aromatic carbocycles. The lowest BCUT2D eigenvalue weighted by atomic mass is 10.1. The number of hydrogen-bond donors (Lipinski definition) is 0. The van der Waals surface area contributed by atoms with Crippen molar-refractivity contribution in [3.8, 4) is 0 Å². The predicted molar refractivity (Wildman–Crippen MR) is 66.5 cm³/mol. The van der Waals surface area contributed by atoms with E-state index in [1.165, 1.54) is 32.4 Å². The Morgan fingerprint density at radius 2 is 1.75 bits per heavy atom. The first-order valence-corrected chi connectivity index (χ1v) is 6.20. The van der Waals surface area contributed by atoms with Gasteiger partial charge in [0, 0.05) is 27.2 Å². The summed E-state index contributed by atoms with van der Waals surface area (Å²) >= 11 is 0. The van der Waals surface area contributed by atoms with Crippen LogP contribution in [-0.4, -0.2) is 74.5 Å². The first-order chi connectivity index (χ1) is 7.59. The van der Waals surface area contributed by atoms with E-state index in [1.807, 2.05) is 7.05 Å². The lowest BCUT2D eigenvalue weighted by molar-refractivity contribution is -0.129. The number of hydrogen-bond acceptors (Lipinski definition) is 3. The van der Waals surface area contributed by atoms with Crippen molar-refractivity contribution in [2.75, 3.05) is 53.9 Å². The molecular weight excluding hydrogens is 202 g/mol. The average molecular weight is 227 g/mol. The molecule has 4 heteroatoms. The van der Waals surface area contributed by atoms with Gasteiger partial charge in [0.25, 0.3) is 0 Å². The largest absolute Gasteiger partial charge is 0.348 e. The second-order valence-electron chi connectivity index (χ2n) is 4.93. The molecule has 16 heavy (non-hydrogen) atoms. The quantitative estimate of drug-likeness (QED) is 0.684. The van der Waals surface area contributed by atoms with Gasteiger partial charge in [0.05, 0.1) is 6.54 Å². The molecule has 1 saturated heterocycles. The van der Waals surface area contributed by atoms with Crippen LogP contribution >= 0.6 is 0 Å². The van der Waals surface area contributed by atoms with Crippen molar-refractivity contribution in [2.45, 2.75) is 19.3 Å². The molecule has 1 aliphatic rings. The maximum atomic E-state index is 11.5. The van der Waals surface area contributed by atoms with Gasteiger partial charge in [-0.15, -0.1) is 0 Å². The molecule has 1 amide bonds. The Balaban J connectivity index is 2.13. The van der Waals surface area contributed by atoms with E-state index in [2.05, 4.69) is 9.80 Å². The highest BCUT2D eigenvalue weighted by Crippen LogP contribution is 2.07. The van der Waals surface area contributed by atoms with Crippen LogP contribution in [0.3, 0.4) is 0 Å². The summed E-state index contributed by atoms with van der Waals surface area (Å²) in [5.74, 6) is 0.182. The van der Waals surface area contributed by atoms with Crippen molar-refractivity contribution >= 4 is 5.91 Å². The van der Waals surface area contributed by atoms with Gasteiger partial charge in [-0.1, -0.05) is 6.42 Å². The molecule has 0 bridgehead atoms. The maximum Gasteiger partial charge on any atom is 0.236 e. The summed E-state index contributed by atoms with van der Waals surface area (Å²) in [6.45, 7) is 5.07. The van der Waals surface area contributed by atoms with Crippen molar-refractivity contribution < 1.29 is 4.79 Å². The van der Waals surface area contributed by atoms with Gasteiger partial charge in [-0.3, -0.25) is 9.69 Å². The van der Waals surface area contributed by atoms with Crippen molar-refractivity contribution in [3.63, 3.8) is 0 Å². The highest BCUT2D eigenvalue weighted by atomic mass is 16.2. The summed E-state index contributed by atoms with van der Waals surface area (Å²) in [5, 5.41) is 0. The van der Waals surface area contributed by atoms with Crippen LogP contribution in [0.1, 0.15) is 19.3 Å². The SMILES string of the molecule is CN(CCN1CCCCC1)CC(=O)N(C)C. The van der Waals surface area contributed by atoms with Crippen LogP contribution in [0, 0.1) is 0 Å². The van der Waals surface area contributed by atoms with Crippen LogP contribution in [-0.2, 0) is 4.79 Å². The zero-order valence-electron chi connectivity index (χ0n) is 10.9. The first-order valence-electron chi connectivity index (χ1n) is 6.20. The number of carbonyl (C=O) groups is 1. The molecule has 0 radical (unpaired) electrons. The van der Waals surface area contributed by atoms with Gasteiger partial charge >= 0.3 is 0 Å². The summed E-state index contributed by atoms with van der Waals surface area (Å²) in [4.78, 5) is 17.7. The Bertz CT molecular complexity index is 212. The summed E-state index contributed by atoms with van der Waals surface area (Å²) in [6, 6.07) is 0. The van der Waals surface area contributed by atoms with E-state index in [9.17, 15) is 4.79 Å². The van der Waals surface area contributed by atoms with Gasteiger partial charge in [0.1, 0.15) is 0 Å². The fraction of sp³-hybridized carbons (Fsp3) is 0.917. The van der Waals surface area contributed by atoms with Gasteiger partial charge in [-0.2, -0.15) is 0 Å². The molecule has 0 spiro atoms. The summed E-state index contributed by atoms with van der Waals surface area (Å²) in [6.07, 6.45) is 4.05. The number of piperidine rings is 1. The number of nitrogens with zero attached hydrogens (tertiary/aromatic N) is 3. The highest BCUT2D eigenvalue weighted by Gasteiger charge is 2.12. The Kier molecular flexibility index (Phi) is 5.77. The number of amides is 1. The van der Waals surface area contributed by atoms with Crippen molar-refractivity contribution in [3.05, 3.63) is 0 Å². The summed E-state index contributed by atoms with van der Waals surface area (Å²) in [5.41, 5.74) is 0. The third kappa shape index (κ3) is 4.94. The molecule has 1 fully saturated rings. The van der Waals surface area contributed by atoms with Crippen molar-refractivity contribution in [1.82, 2.24) is 14.7 Å². The fourth-order valence-corrected chi connectivity index (χ4v) is 1.95. The summed E-state index contributed by atoms with van der Waals surface area (Å²) < 4.78 is 0. The van der Waals surface area contributed by atoms with Crippen LogP contribution in [0.25, 0.3) is 0 Å². The van der Waals surface area contributed by atoms with Crippen molar-refractivity contribution in [2.24, 2.45) is 0 Å². The zero-order chi connectivity index (χ0) is 12.0. The van der Waals surface area contributed by atoms with Crippen LogP contribution in [0.4, 0.5) is 0 Å². The Hall–Kier alpha value is -0.610. The maximum absolute atomic E-state index is 11.5. The van der Waals surface area contributed by atoms with Crippen LogP contribution < -0.4 is 0 Å². The molecular formula is C12H25N3O. The molecule has 1 heterocycles. The topological polar surface area (TPSA) is 26.8 Å². The van der Waals surface area contributed by atoms with E-state index in [-0.39, 0.29) is 5.91 Å². The lowest BCUT2D eigenvalue weighted by Gasteiger charge is -2.28. The van der Waals surface area contributed by atoms with Gasteiger partial charge in [0.2, 0.25) is 5.91 Å². The van der Waals surface area contributed by atoms with E-state index < -0.39 is 0 Å². The third-order valence-electron chi connectivity index (χ3n) is 3.15. The van der Waals surface area contributed by atoms with E-state index in [0.29, 0.717) is 6.54 Å². The van der Waals surface area contributed by atoms with Crippen LogP contribution in [0.15, 0.2) is 0 Å². The van der Waals surface area contributed by atoms with Crippen LogP contribution in [0.5, 0.6) is 0 Å². The molecule has 0 aromatic heterocycles. The Morgan fingerprint density at radius 3 is 2.31 bits per heavy atom. The molecule has 94 valence electrons. The molecule has 0 aromatic rings. The lowest BCUT2D eigenvalue weighted by Crippen LogP contribution is -2.40. The molecule has 0 N–H and O–H groups in total. The minimum Gasteiger partial charge on any atom is -0.348 e. The average Bonchev–Trinajstić information content (AvgIpc) is 2.27. The number of likely N-dealkylation sites (N-methyl/N-ethyl adjacent to an activating group) is 2. The number of likely N-dealkylation sites (tertiary alicyclic amines) is 1. The molecule has 4 nitrogen and oxygen atoms in total. The first kappa shape index (κ1) is 13.5. The smallest absolute Gasteiger partial charge is 0.236 e. The molecule has 1 rings (SSSR count). The van der Waals surface area contributed by atoms with Gasteiger partial charge in [-0.25, -0.2) is 0 Å². The Labute approximate surface area is 99.2 Å². The van der Waals surface area contributed by atoms with Gasteiger partial charge < -0.3 is 9.80 Å². The van der Waals surface area contributed by atoms with E-state index in [4.69, 9.17) is 0 Å². The van der Waals surface area contributed by atoms with Crippen LogP contribution in [0.2, 0.25) is 0 Å². The summed E-state index contributed by atoms with van der Waals surface area (Å²) in [7, 11) is 5.63. The predicted octanol–water partition coefficient (Wildman–Crippen LogP) is 0.492.